The maximum atomic E-state index is 12.7. The second-order valence-corrected chi connectivity index (χ2v) is 8.18. The van der Waals surface area contributed by atoms with Gasteiger partial charge in [0.25, 0.3) is 5.91 Å². The zero-order chi connectivity index (χ0) is 21.3. The van der Waals surface area contributed by atoms with Gasteiger partial charge >= 0.3 is 5.97 Å². The number of amides is 2. The van der Waals surface area contributed by atoms with Crippen molar-refractivity contribution in [1.29, 1.82) is 0 Å². The molecule has 1 aromatic heterocycles. The molecule has 0 aliphatic carbocycles. The molecule has 2 aromatic carbocycles. The predicted octanol–water partition coefficient (Wildman–Crippen LogP) is 3.28. The number of nitrogens with zero attached hydrogens (tertiary/aromatic N) is 2. The molecule has 2 N–H and O–H groups in total. The summed E-state index contributed by atoms with van der Waals surface area (Å²) in [4.78, 5) is 37.4. The van der Waals surface area contributed by atoms with Gasteiger partial charge in [-0.3, -0.25) is 19.1 Å². The molecule has 0 fully saturated rings. The third kappa shape index (κ3) is 4.02. The van der Waals surface area contributed by atoms with Gasteiger partial charge in [0.15, 0.2) is 0 Å². The van der Waals surface area contributed by atoms with Crippen molar-refractivity contribution in [1.82, 2.24) is 9.78 Å². The topological polar surface area (TPSA) is 102 Å². The van der Waals surface area contributed by atoms with E-state index in [2.05, 4.69) is 15.7 Å². The zero-order valence-corrected chi connectivity index (χ0v) is 17.3. The number of nitrogens with one attached hydrogen (secondary N) is 2. The van der Waals surface area contributed by atoms with Crippen LogP contribution in [0.5, 0.6) is 0 Å². The van der Waals surface area contributed by atoms with Gasteiger partial charge in [-0.05, 0) is 50.2 Å². The minimum atomic E-state index is -0.375. The molecule has 0 bridgehead atoms. The van der Waals surface area contributed by atoms with Gasteiger partial charge in [-0.1, -0.05) is 0 Å². The molecule has 1 aliphatic heterocycles. The molecule has 1 atom stereocenters. The molecule has 154 valence electrons. The lowest BCUT2D eigenvalue weighted by Gasteiger charge is -2.21. The van der Waals surface area contributed by atoms with Gasteiger partial charge < -0.3 is 15.4 Å². The van der Waals surface area contributed by atoms with Gasteiger partial charge in [-0.25, -0.2) is 0 Å². The fourth-order valence-electron chi connectivity index (χ4n) is 3.16. The number of aromatic nitrogens is 2. The first-order valence-corrected chi connectivity index (χ1v) is 10.4. The van der Waals surface area contributed by atoms with E-state index in [1.165, 1.54) is 16.4 Å². The molecule has 8 nitrogen and oxygen atoms in total. The standard InChI is InChI=1S/C21H20N4O4S/c1-3-29-19(26)11-25-17-9-15(6-4-14(17)10-22-25)23-21(28)13-5-7-18-16(8-13)24-20(27)12(2)30-18/h4-10,12H,3,11H2,1-2H3,(H,23,28)(H,24,27). The van der Waals surface area contributed by atoms with Crippen LogP contribution in [-0.4, -0.2) is 39.4 Å². The Bertz CT molecular complexity index is 1160. The third-order valence-electron chi connectivity index (χ3n) is 4.66. The number of ether oxygens (including phenoxy) is 1. The second-order valence-electron chi connectivity index (χ2n) is 6.80. The van der Waals surface area contributed by atoms with Crippen molar-refractivity contribution in [3.05, 3.63) is 48.2 Å². The zero-order valence-electron chi connectivity index (χ0n) is 16.5. The van der Waals surface area contributed by atoms with Crippen LogP contribution in [0.1, 0.15) is 24.2 Å². The summed E-state index contributed by atoms with van der Waals surface area (Å²) in [6.07, 6.45) is 1.66. The van der Waals surface area contributed by atoms with Gasteiger partial charge in [0.05, 0.1) is 29.3 Å². The number of hydrogen-bond donors (Lipinski definition) is 2. The van der Waals surface area contributed by atoms with Crippen molar-refractivity contribution in [2.75, 3.05) is 17.2 Å². The summed E-state index contributed by atoms with van der Waals surface area (Å²) in [5.74, 6) is -0.753. The van der Waals surface area contributed by atoms with Crippen LogP contribution in [-0.2, 0) is 20.9 Å². The second kappa shape index (κ2) is 8.19. The summed E-state index contributed by atoms with van der Waals surface area (Å²) in [6, 6.07) is 10.6. The molecular weight excluding hydrogens is 404 g/mol. The van der Waals surface area contributed by atoms with E-state index < -0.39 is 0 Å². The highest BCUT2D eigenvalue weighted by molar-refractivity contribution is 8.00. The normalized spacial score (nSPS) is 15.4. The molecule has 1 aliphatic rings. The van der Waals surface area contributed by atoms with Crippen LogP contribution in [0.3, 0.4) is 0 Å². The molecule has 2 heterocycles. The van der Waals surface area contributed by atoms with Gasteiger partial charge in [0.1, 0.15) is 6.54 Å². The van der Waals surface area contributed by atoms with E-state index in [9.17, 15) is 14.4 Å². The SMILES string of the molecule is CCOC(=O)Cn1ncc2ccc(NC(=O)c3ccc4c(c3)NC(=O)C(C)S4)cc21. The molecule has 4 rings (SSSR count). The van der Waals surface area contributed by atoms with E-state index in [0.717, 1.165) is 10.3 Å². The smallest absolute Gasteiger partial charge is 0.327 e. The first-order valence-electron chi connectivity index (χ1n) is 9.48. The Morgan fingerprint density at radius 1 is 1.27 bits per heavy atom. The van der Waals surface area contributed by atoms with Crippen molar-refractivity contribution in [2.45, 2.75) is 30.5 Å². The molecule has 0 saturated heterocycles. The first-order chi connectivity index (χ1) is 14.4. The quantitative estimate of drug-likeness (QED) is 0.610. The lowest BCUT2D eigenvalue weighted by atomic mass is 10.1. The fourth-order valence-corrected chi connectivity index (χ4v) is 4.09. The molecule has 3 aromatic rings. The van der Waals surface area contributed by atoms with E-state index in [-0.39, 0.29) is 29.6 Å². The van der Waals surface area contributed by atoms with Crippen molar-refractivity contribution in [3.63, 3.8) is 0 Å². The number of carbonyl (C=O) groups excluding carboxylic acids is 3. The van der Waals surface area contributed by atoms with Crippen molar-refractivity contribution in [3.8, 4) is 0 Å². The maximum Gasteiger partial charge on any atom is 0.327 e. The average Bonchev–Trinajstić information content (AvgIpc) is 3.10. The maximum absolute atomic E-state index is 12.7. The number of benzene rings is 2. The Balaban J connectivity index is 1.54. The summed E-state index contributed by atoms with van der Waals surface area (Å²) in [6.45, 7) is 3.89. The van der Waals surface area contributed by atoms with Crippen LogP contribution in [0.4, 0.5) is 11.4 Å². The highest BCUT2D eigenvalue weighted by atomic mass is 32.2. The van der Waals surface area contributed by atoms with Gasteiger partial charge in [-0.2, -0.15) is 5.10 Å². The minimum Gasteiger partial charge on any atom is -0.465 e. The van der Waals surface area contributed by atoms with E-state index in [1.54, 1.807) is 37.4 Å². The summed E-state index contributed by atoms with van der Waals surface area (Å²) < 4.78 is 6.51. The molecule has 0 radical (unpaired) electrons. The average molecular weight is 424 g/mol. The third-order valence-corrected chi connectivity index (χ3v) is 5.84. The number of carbonyl (C=O) groups is 3. The Kier molecular flexibility index (Phi) is 5.45. The Hall–Kier alpha value is -3.33. The lowest BCUT2D eigenvalue weighted by Crippen LogP contribution is -2.26. The lowest BCUT2D eigenvalue weighted by molar-refractivity contribution is -0.143. The van der Waals surface area contributed by atoms with Crippen LogP contribution in [0.2, 0.25) is 0 Å². The summed E-state index contributed by atoms with van der Waals surface area (Å²) in [5, 5.41) is 10.6. The number of anilines is 2. The van der Waals surface area contributed by atoms with E-state index >= 15 is 0 Å². The summed E-state index contributed by atoms with van der Waals surface area (Å²) >= 11 is 1.47. The Morgan fingerprint density at radius 3 is 2.90 bits per heavy atom. The highest BCUT2D eigenvalue weighted by Crippen LogP contribution is 2.36. The Labute approximate surface area is 177 Å². The van der Waals surface area contributed by atoms with Crippen LogP contribution < -0.4 is 10.6 Å². The van der Waals surface area contributed by atoms with Crippen LogP contribution in [0.15, 0.2) is 47.5 Å². The fraction of sp³-hybridized carbons (Fsp3) is 0.238. The number of esters is 1. The van der Waals surface area contributed by atoms with Gasteiger partial charge in [-0.15, -0.1) is 11.8 Å². The highest BCUT2D eigenvalue weighted by Gasteiger charge is 2.23. The van der Waals surface area contributed by atoms with E-state index in [0.29, 0.717) is 29.1 Å². The van der Waals surface area contributed by atoms with Crippen molar-refractivity contribution < 1.29 is 19.1 Å². The van der Waals surface area contributed by atoms with E-state index in [4.69, 9.17) is 4.74 Å². The molecule has 30 heavy (non-hydrogen) atoms. The van der Waals surface area contributed by atoms with Crippen molar-refractivity contribution in [2.24, 2.45) is 0 Å². The monoisotopic (exact) mass is 424 g/mol. The molecule has 9 heteroatoms. The number of thioether (sulfide) groups is 1. The first kappa shape index (κ1) is 20.0. The van der Waals surface area contributed by atoms with Crippen molar-refractivity contribution >= 4 is 51.8 Å². The number of hydrogen-bond acceptors (Lipinski definition) is 6. The van der Waals surface area contributed by atoms with Crippen LogP contribution in [0.25, 0.3) is 10.9 Å². The summed E-state index contributed by atoms with van der Waals surface area (Å²) in [5.41, 5.74) is 2.36. The largest absolute Gasteiger partial charge is 0.465 e. The Morgan fingerprint density at radius 2 is 2.10 bits per heavy atom. The molecule has 0 saturated carbocycles. The van der Waals surface area contributed by atoms with Crippen LogP contribution >= 0.6 is 11.8 Å². The summed E-state index contributed by atoms with van der Waals surface area (Å²) in [7, 11) is 0. The van der Waals surface area contributed by atoms with Gasteiger partial charge in [0, 0.05) is 21.5 Å². The molecule has 0 spiro atoms. The predicted molar refractivity (Wildman–Crippen MR) is 115 cm³/mol. The number of rotatable bonds is 5. The van der Waals surface area contributed by atoms with Gasteiger partial charge in [0.2, 0.25) is 5.91 Å². The molecule has 2 amide bonds. The van der Waals surface area contributed by atoms with E-state index in [1.807, 2.05) is 19.1 Å². The molecular formula is C21H20N4O4S. The number of fused-ring (bicyclic) bond motifs is 2. The minimum absolute atomic E-state index is 0.00461. The molecule has 1 unspecified atom stereocenters. The van der Waals surface area contributed by atoms with Crippen LogP contribution in [0, 0.1) is 0 Å².